The molecule has 1 aromatic heterocycles. The zero-order valence-electron chi connectivity index (χ0n) is 39.5. The van der Waals surface area contributed by atoms with Gasteiger partial charge < -0.3 is 19.9 Å². The van der Waals surface area contributed by atoms with Gasteiger partial charge in [-0.3, -0.25) is 29.0 Å². The van der Waals surface area contributed by atoms with Crippen molar-refractivity contribution in [1.29, 1.82) is 0 Å². The summed E-state index contributed by atoms with van der Waals surface area (Å²) in [6.07, 6.45) is 21.4. The minimum atomic E-state index is -0.613. The lowest BCUT2D eigenvalue weighted by Crippen LogP contribution is -2.43. The third kappa shape index (κ3) is 18.6. The number of allylic oxidation sites excluding steroid dienone is 4. The monoisotopic (exact) mass is 1030 g/mol. The standard InChI is InChI=1S/C21H23NO3.C19H31NO4.C12H20Br2O2/c1-2-3-4-9-17-16(11-12-18(17)23)14-20(24)25-19-10-5-7-15-8-6-13-22-21(15)19;1-5-6-7-8-15-14(9-10-17(15)21)12-18(22)20-16(11-13(2)3)19(23)24-4;1-2-10(13)11(14)7-9-8(5-6-15)3-4-12(9)16/h3-8,10,13,16-17H,2,9,11-12,14H2,1H3;6-7,13-16H,5,8-12H2,1-4H3,(H,20,22);8-11,15H,2-7H2,1H3/b4-3-;7-6-;. The largest absolute Gasteiger partial charge is 0.467 e. The highest BCUT2D eigenvalue weighted by molar-refractivity contribution is 9.12. The Morgan fingerprint density at radius 3 is 1.92 bits per heavy atom. The number of nitrogens with one attached hydrogen (secondary N) is 1. The van der Waals surface area contributed by atoms with E-state index in [1.54, 1.807) is 12.3 Å². The molecule has 2 aromatic rings. The molecule has 3 aliphatic rings. The molecule has 1 aromatic carbocycles. The molecule has 1 amide bonds. The number of aromatic nitrogens is 1. The lowest BCUT2D eigenvalue weighted by Gasteiger charge is -2.22. The molecule has 3 fully saturated rings. The number of halogens is 2. The number of hydrogen-bond acceptors (Lipinski definition) is 10. The summed E-state index contributed by atoms with van der Waals surface area (Å²) in [5, 5.41) is 12.7. The molecule has 5 rings (SSSR count). The number of carbonyl (C=O) groups excluding carboxylic acids is 6. The van der Waals surface area contributed by atoms with Crippen molar-refractivity contribution in [1.82, 2.24) is 10.3 Å². The van der Waals surface area contributed by atoms with Crippen LogP contribution in [0.2, 0.25) is 0 Å². The quantitative estimate of drug-likeness (QED) is 0.0532. The Labute approximate surface area is 404 Å². The number of alkyl halides is 2. The van der Waals surface area contributed by atoms with E-state index in [4.69, 9.17) is 14.6 Å². The molecule has 0 aliphatic heterocycles. The zero-order chi connectivity index (χ0) is 47.9. The first kappa shape index (κ1) is 55.8. The van der Waals surface area contributed by atoms with E-state index in [0.717, 1.165) is 63.2 Å². The van der Waals surface area contributed by atoms with Crippen LogP contribution in [-0.2, 0) is 33.5 Å². The van der Waals surface area contributed by atoms with Crippen molar-refractivity contribution < 1.29 is 43.3 Å². The summed E-state index contributed by atoms with van der Waals surface area (Å²) in [5.74, 6) is 1.35. The summed E-state index contributed by atoms with van der Waals surface area (Å²) in [6.45, 7) is 10.4. The number of carbonyl (C=O) groups is 6. The molecular weight excluding hydrogens is 956 g/mol. The normalized spacial score (nSPS) is 23.3. The molecule has 13 heteroatoms. The molecule has 65 heavy (non-hydrogen) atoms. The number of benzene rings is 1. The highest BCUT2D eigenvalue weighted by Crippen LogP contribution is 2.38. The number of methoxy groups -OCH3 is 1. The molecule has 11 nitrogen and oxygen atoms in total. The number of nitrogens with zero attached hydrogens (tertiary/aromatic N) is 1. The number of Topliss-reactive ketones (excluding diaryl/α,β-unsaturated/α-hetero) is 3. The Bertz CT molecular complexity index is 1890. The number of aliphatic hydroxyl groups is 1. The molecule has 3 aliphatic carbocycles. The smallest absolute Gasteiger partial charge is 0.328 e. The number of fused-ring (bicyclic) bond motifs is 1. The van der Waals surface area contributed by atoms with Crippen LogP contribution in [0.25, 0.3) is 10.9 Å². The predicted molar refractivity (Wildman–Crippen MR) is 264 cm³/mol. The first-order chi connectivity index (χ1) is 31.2. The minimum absolute atomic E-state index is 0.0546. The fourth-order valence-corrected chi connectivity index (χ4v) is 10.2. The second kappa shape index (κ2) is 30.0. The van der Waals surface area contributed by atoms with Gasteiger partial charge in [0.2, 0.25) is 5.91 Å². The van der Waals surface area contributed by atoms with Gasteiger partial charge in [0, 0.05) is 77.7 Å². The highest BCUT2D eigenvalue weighted by atomic mass is 79.9. The first-order valence-corrected chi connectivity index (χ1v) is 25.7. The zero-order valence-corrected chi connectivity index (χ0v) is 42.7. The van der Waals surface area contributed by atoms with Crippen molar-refractivity contribution in [3.8, 4) is 5.75 Å². The average Bonchev–Trinajstić information content (AvgIpc) is 3.94. The molecule has 9 unspecified atom stereocenters. The maximum atomic E-state index is 12.4. The van der Waals surface area contributed by atoms with Gasteiger partial charge in [-0.2, -0.15) is 0 Å². The van der Waals surface area contributed by atoms with Crippen molar-refractivity contribution in [3.05, 3.63) is 60.8 Å². The summed E-state index contributed by atoms with van der Waals surface area (Å²) in [5.41, 5.74) is 0.684. The average molecular weight is 1030 g/mol. The third-order valence-corrected chi connectivity index (χ3v) is 15.8. The van der Waals surface area contributed by atoms with Crippen molar-refractivity contribution in [2.45, 2.75) is 153 Å². The lowest BCUT2D eigenvalue weighted by molar-refractivity contribution is -0.145. The SMILES string of the molecule is CC/C=C\CC1C(=O)CCC1CC(=O)NC(CC(C)C)C(=O)OC.CC/C=C\CC1C(=O)CCC1CC(=O)Oc1cccc2cccnc12.CCC(Br)C(Br)CC1C(=O)CCC1CCO. The molecule has 3 saturated carbocycles. The maximum Gasteiger partial charge on any atom is 0.328 e. The van der Waals surface area contributed by atoms with Crippen LogP contribution in [0.3, 0.4) is 0 Å². The fourth-order valence-electron chi connectivity index (χ4n) is 9.22. The molecule has 9 atom stereocenters. The number of esters is 2. The van der Waals surface area contributed by atoms with Crippen LogP contribution < -0.4 is 10.1 Å². The van der Waals surface area contributed by atoms with Crippen LogP contribution >= 0.6 is 31.9 Å². The lowest BCUT2D eigenvalue weighted by atomic mass is 9.88. The van der Waals surface area contributed by atoms with Crippen molar-refractivity contribution >= 4 is 78.0 Å². The second-order valence-electron chi connectivity index (χ2n) is 18.0. The molecule has 360 valence electrons. The van der Waals surface area contributed by atoms with Crippen LogP contribution in [-0.4, -0.2) is 74.7 Å². The summed E-state index contributed by atoms with van der Waals surface area (Å²) in [7, 11) is 1.33. The molecule has 1 heterocycles. The number of para-hydroxylation sites is 1. The number of rotatable bonds is 21. The van der Waals surface area contributed by atoms with Crippen LogP contribution in [0.4, 0.5) is 0 Å². The number of hydrogen-bond donors (Lipinski definition) is 2. The van der Waals surface area contributed by atoms with E-state index in [2.05, 4.69) is 81.2 Å². The molecular formula is C52H74Br2N2O9. The van der Waals surface area contributed by atoms with Crippen LogP contribution in [0, 0.1) is 41.4 Å². The van der Waals surface area contributed by atoms with E-state index in [-0.39, 0.29) is 72.0 Å². The Kier molecular flexibility index (Phi) is 25.7. The summed E-state index contributed by atoms with van der Waals surface area (Å²) < 4.78 is 10.3. The van der Waals surface area contributed by atoms with Crippen molar-refractivity contribution in [3.63, 3.8) is 0 Å². The van der Waals surface area contributed by atoms with E-state index >= 15 is 0 Å². The van der Waals surface area contributed by atoms with Gasteiger partial charge in [-0.15, -0.1) is 0 Å². The molecule has 0 saturated heterocycles. The van der Waals surface area contributed by atoms with Crippen LogP contribution in [0.1, 0.15) is 137 Å². The van der Waals surface area contributed by atoms with Gasteiger partial charge in [0.05, 0.1) is 7.11 Å². The maximum absolute atomic E-state index is 12.4. The summed E-state index contributed by atoms with van der Waals surface area (Å²) >= 11 is 7.28. The van der Waals surface area contributed by atoms with Gasteiger partial charge in [-0.05, 0) is 106 Å². The van der Waals surface area contributed by atoms with Gasteiger partial charge in [0.15, 0.2) is 5.75 Å². The fraction of sp³-hybridized carbons (Fsp3) is 0.635. The van der Waals surface area contributed by atoms with Gasteiger partial charge in [-0.25, -0.2) is 4.79 Å². The predicted octanol–water partition coefficient (Wildman–Crippen LogP) is 10.8. The Hall–Kier alpha value is -3.55. The summed E-state index contributed by atoms with van der Waals surface area (Å²) in [6, 6.07) is 8.72. The first-order valence-electron chi connectivity index (χ1n) is 23.9. The van der Waals surface area contributed by atoms with Gasteiger partial charge >= 0.3 is 11.9 Å². The van der Waals surface area contributed by atoms with Crippen LogP contribution in [0.5, 0.6) is 5.75 Å². The summed E-state index contributed by atoms with van der Waals surface area (Å²) in [4.78, 5) is 77.6. The molecule has 0 spiro atoms. The Morgan fingerprint density at radius 1 is 0.800 bits per heavy atom. The Balaban J connectivity index is 0.000000266. The van der Waals surface area contributed by atoms with E-state index < -0.39 is 12.0 Å². The number of amides is 1. The Morgan fingerprint density at radius 2 is 1.37 bits per heavy atom. The molecule has 0 radical (unpaired) electrons. The van der Waals surface area contributed by atoms with E-state index in [1.807, 2.05) is 44.2 Å². The van der Waals surface area contributed by atoms with E-state index in [1.165, 1.54) is 7.11 Å². The van der Waals surface area contributed by atoms with Crippen LogP contribution in [0.15, 0.2) is 60.8 Å². The van der Waals surface area contributed by atoms with Gasteiger partial charge in [0.1, 0.15) is 28.9 Å². The van der Waals surface area contributed by atoms with E-state index in [0.29, 0.717) is 71.1 Å². The number of pyridine rings is 1. The van der Waals surface area contributed by atoms with E-state index in [9.17, 15) is 28.8 Å². The molecule has 2 N–H and O–H groups in total. The van der Waals surface area contributed by atoms with Crippen molar-refractivity contribution in [2.75, 3.05) is 13.7 Å². The third-order valence-electron chi connectivity index (χ3n) is 12.8. The highest BCUT2D eigenvalue weighted by Gasteiger charge is 2.38. The molecule has 0 bridgehead atoms. The topological polar surface area (TPSA) is 166 Å². The van der Waals surface area contributed by atoms with Gasteiger partial charge in [0.25, 0.3) is 0 Å². The number of aliphatic hydroxyl groups excluding tert-OH is 1. The number of ketones is 3. The van der Waals surface area contributed by atoms with Crippen molar-refractivity contribution in [2.24, 2.45) is 41.4 Å². The number of ether oxygens (including phenoxy) is 2. The minimum Gasteiger partial charge on any atom is -0.467 e. The second-order valence-corrected chi connectivity index (χ2v) is 20.4. The van der Waals surface area contributed by atoms with Gasteiger partial charge in [-0.1, -0.05) is 109 Å².